The summed E-state index contributed by atoms with van der Waals surface area (Å²) < 4.78 is 2.13. The topological polar surface area (TPSA) is 20.2 Å². The van der Waals surface area contributed by atoms with Crippen LogP contribution in [0.25, 0.3) is 0 Å². The maximum absolute atomic E-state index is 3.40. The fourth-order valence-corrected chi connectivity index (χ4v) is 2.48. The predicted octanol–water partition coefficient (Wildman–Crippen LogP) is 1.64. The van der Waals surface area contributed by atoms with Crippen molar-refractivity contribution in [2.24, 2.45) is 7.05 Å². The summed E-state index contributed by atoms with van der Waals surface area (Å²) in [5, 5.41) is 3.40. The van der Waals surface area contributed by atoms with Gasteiger partial charge < -0.3 is 14.8 Å². The molecule has 3 nitrogen and oxygen atoms in total. The average Bonchev–Trinajstić information content (AvgIpc) is 2.76. The SMILES string of the molecule is Cn1ccc(CCCCCN2CCNCC2)c1. The normalized spacial score (nSPS) is 17.5. The molecule has 2 heterocycles. The fourth-order valence-electron chi connectivity index (χ4n) is 2.48. The molecule has 0 aliphatic carbocycles. The minimum absolute atomic E-state index is 1.17. The number of unbranched alkanes of at least 4 members (excludes halogenated alkanes) is 2. The van der Waals surface area contributed by atoms with E-state index in [1.54, 1.807) is 0 Å². The Bertz CT molecular complexity index is 313. The van der Waals surface area contributed by atoms with Crippen molar-refractivity contribution in [2.45, 2.75) is 25.7 Å². The second kappa shape index (κ2) is 6.82. The number of rotatable bonds is 6. The van der Waals surface area contributed by atoms with Gasteiger partial charge in [-0.2, -0.15) is 0 Å². The molecule has 17 heavy (non-hydrogen) atoms. The lowest BCUT2D eigenvalue weighted by atomic mass is 10.1. The molecular weight excluding hydrogens is 210 g/mol. The summed E-state index contributed by atoms with van der Waals surface area (Å²) in [5.41, 5.74) is 1.48. The van der Waals surface area contributed by atoms with Gasteiger partial charge in [0, 0.05) is 45.6 Å². The first-order valence-electron chi connectivity index (χ1n) is 6.88. The standard InChI is InChI=1S/C14H25N3/c1-16-10-6-14(13-16)5-3-2-4-9-17-11-7-15-8-12-17/h6,10,13,15H,2-5,7-9,11-12H2,1H3. The number of aromatic nitrogens is 1. The Morgan fingerprint density at radius 2 is 2.00 bits per heavy atom. The van der Waals surface area contributed by atoms with E-state index in [0.717, 1.165) is 0 Å². The van der Waals surface area contributed by atoms with Crippen molar-refractivity contribution in [3.63, 3.8) is 0 Å². The molecule has 0 saturated carbocycles. The summed E-state index contributed by atoms with van der Waals surface area (Å²) in [5.74, 6) is 0. The fraction of sp³-hybridized carbons (Fsp3) is 0.714. The molecule has 1 aromatic rings. The lowest BCUT2D eigenvalue weighted by Crippen LogP contribution is -2.43. The van der Waals surface area contributed by atoms with E-state index >= 15 is 0 Å². The molecule has 0 radical (unpaired) electrons. The largest absolute Gasteiger partial charge is 0.357 e. The Morgan fingerprint density at radius 1 is 1.18 bits per heavy atom. The summed E-state index contributed by atoms with van der Waals surface area (Å²) >= 11 is 0. The van der Waals surface area contributed by atoms with Gasteiger partial charge in [-0.3, -0.25) is 0 Å². The quantitative estimate of drug-likeness (QED) is 0.757. The summed E-state index contributed by atoms with van der Waals surface area (Å²) in [6.45, 7) is 6.10. The average molecular weight is 235 g/mol. The second-order valence-electron chi connectivity index (χ2n) is 5.09. The van der Waals surface area contributed by atoms with Crippen LogP contribution >= 0.6 is 0 Å². The van der Waals surface area contributed by atoms with Crippen LogP contribution < -0.4 is 5.32 Å². The highest BCUT2D eigenvalue weighted by Gasteiger charge is 2.07. The van der Waals surface area contributed by atoms with E-state index in [4.69, 9.17) is 0 Å². The molecule has 3 heteroatoms. The van der Waals surface area contributed by atoms with Crippen LogP contribution in [0.4, 0.5) is 0 Å². The van der Waals surface area contributed by atoms with Crippen LogP contribution in [-0.4, -0.2) is 42.2 Å². The first-order chi connectivity index (χ1) is 8.34. The smallest absolute Gasteiger partial charge is 0.0107 e. The van der Waals surface area contributed by atoms with E-state index in [2.05, 4.69) is 40.3 Å². The number of nitrogens with zero attached hydrogens (tertiary/aromatic N) is 2. The van der Waals surface area contributed by atoms with E-state index < -0.39 is 0 Å². The highest BCUT2D eigenvalue weighted by molar-refractivity contribution is 5.09. The Balaban J connectivity index is 1.51. The van der Waals surface area contributed by atoms with E-state index in [9.17, 15) is 0 Å². The van der Waals surface area contributed by atoms with Gasteiger partial charge in [0.1, 0.15) is 0 Å². The third kappa shape index (κ3) is 4.52. The van der Waals surface area contributed by atoms with Crippen LogP contribution in [0.3, 0.4) is 0 Å². The van der Waals surface area contributed by atoms with Gasteiger partial charge in [-0.25, -0.2) is 0 Å². The minimum atomic E-state index is 1.17. The van der Waals surface area contributed by atoms with E-state index in [1.165, 1.54) is 64.0 Å². The maximum Gasteiger partial charge on any atom is 0.0107 e. The first kappa shape index (κ1) is 12.7. The molecule has 1 aromatic heterocycles. The van der Waals surface area contributed by atoms with Crippen LogP contribution in [0.15, 0.2) is 18.5 Å². The van der Waals surface area contributed by atoms with Crippen LogP contribution in [0.2, 0.25) is 0 Å². The maximum atomic E-state index is 3.40. The first-order valence-corrected chi connectivity index (χ1v) is 6.88. The number of piperazine rings is 1. The number of hydrogen-bond acceptors (Lipinski definition) is 2. The Labute approximate surface area is 105 Å². The number of hydrogen-bond donors (Lipinski definition) is 1. The molecule has 0 spiro atoms. The molecule has 0 bridgehead atoms. The molecule has 1 aliphatic rings. The lowest BCUT2D eigenvalue weighted by molar-refractivity contribution is 0.236. The molecular formula is C14H25N3. The predicted molar refractivity (Wildman–Crippen MR) is 72.3 cm³/mol. The third-order valence-corrected chi connectivity index (χ3v) is 3.54. The van der Waals surface area contributed by atoms with Gasteiger partial charge >= 0.3 is 0 Å². The minimum Gasteiger partial charge on any atom is -0.357 e. The van der Waals surface area contributed by atoms with Gasteiger partial charge in [-0.05, 0) is 37.4 Å². The molecule has 2 rings (SSSR count). The zero-order valence-corrected chi connectivity index (χ0v) is 11.0. The van der Waals surface area contributed by atoms with E-state index in [1.807, 2.05) is 0 Å². The summed E-state index contributed by atoms with van der Waals surface area (Å²) in [6, 6.07) is 2.23. The zero-order chi connectivity index (χ0) is 11.9. The lowest BCUT2D eigenvalue weighted by Gasteiger charge is -2.26. The van der Waals surface area contributed by atoms with Gasteiger partial charge in [-0.1, -0.05) is 6.42 Å². The number of nitrogens with one attached hydrogen (secondary N) is 1. The third-order valence-electron chi connectivity index (χ3n) is 3.54. The summed E-state index contributed by atoms with van der Waals surface area (Å²) in [4.78, 5) is 2.58. The number of aryl methyl sites for hydroxylation is 2. The van der Waals surface area contributed by atoms with Crippen molar-refractivity contribution in [1.82, 2.24) is 14.8 Å². The van der Waals surface area contributed by atoms with Crippen molar-refractivity contribution < 1.29 is 0 Å². The summed E-state index contributed by atoms with van der Waals surface area (Å²) in [7, 11) is 2.09. The van der Waals surface area contributed by atoms with Crippen LogP contribution in [0.1, 0.15) is 24.8 Å². The molecule has 0 aromatic carbocycles. The van der Waals surface area contributed by atoms with Gasteiger partial charge in [0.15, 0.2) is 0 Å². The molecule has 1 fully saturated rings. The molecule has 96 valence electrons. The highest BCUT2D eigenvalue weighted by Crippen LogP contribution is 2.07. The van der Waals surface area contributed by atoms with Crippen molar-refractivity contribution in [2.75, 3.05) is 32.7 Å². The van der Waals surface area contributed by atoms with Gasteiger partial charge in [0.2, 0.25) is 0 Å². The van der Waals surface area contributed by atoms with Gasteiger partial charge in [0.05, 0.1) is 0 Å². The molecule has 0 atom stereocenters. The molecule has 1 saturated heterocycles. The Hall–Kier alpha value is -0.800. The van der Waals surface area contributed by atoms with Crippen LogP contribution in [-0.2, 0) is 13.5 Å². The molecule has 0 amide bonds. The van der Waals surface area contributed by atoms with E-state index in [0.29, 0.717) is 0 Å². The zero-order valence-electron chi connectivity index (χ0n) is 11.0. The van der Waals surface area contributed by atoms with Crippen LogP contribution in [0, 0.1) is 0 Å². The van der Waals surface area contributed by atoms with E-state index in [-0.39, 0.29) is 0 Å². The van der Waals surface area contributed by atoms with Gasteiger partial charge in [-0.15, -0.1) is 0 Å². The monoisotopic (exact) mass is 235 g/mol. The highest BCUT2D eigenvalue weighted by atomic mass is 15.2. The Morgan fingerprint density at radius 3 is 2.71 bits per heavy atom. The molecule has 1 aliphatic heterocycles. The van der Waals surface area contributed by atoms with Crippen molar-refractivity contribution in [3.05, 3.63) is 24.0 Å². The van der Waals surface area contributed by atoms with Crippen molar-refractivity contribution >= 4 is 0 Å². The Kier molecular flexibility index (Phi) is 5.08. The van der Waals surface area contributed by atoms with Crippen molar-refractivity contribution in [1.29, 1.82) is 0 Å². The van der Waals surface area contributed by atoms with Gasteiger partial charge in [0.25, 0.3) is 0 Å². The van der Waals surface area contributed by atoms with Crippen LogP contribution in [0.5, 0.6) is 0 Å². The molecule has 0 unspecified atom stereocenters. The molecule has 1 N–H and O–H groups in total. The van der Waals surface area contributed by atoms with Crippen molar-refractivity contribution in [3.8, 4) is 0 Å². The summed E-state index contributed by atoms with van der Waals surface area (Å²) in [6.07, 6.45) is 9.65. The second-order valence-corrected chi connectivity index (χ2v) is 5.09.